The van der Waals surface area contributed by atoms with E-state index in [9.17, 15) is 19.7 Å². The van der Waals surface area contributed by atoms with Gasteiger partial charge < -0.3 is 39.7 Å². The maximum atomic E-state index is 13.7. The van der Waals surface area contributed by atoms with Crippen LogP contribution in [0.4, 0.5) is 11.6 Å². The van der Waals surface area contributed by atoms with E-state index in [2.05, 4.69) is 52.8 Å². The summed E-state index contributed by atoms with van der Waals surface area (Å²) in [6, 6.07) is 0. The van der Waals surface area contributed by atoms with Gasteiger partial charge in [0.15, 0.2) is 46.4 Å². The van der Waals surface area contributed by atoms with E-state index >= 15 is 0 Å². The molecule has 49 heavy (non-hydrogen) atoms. The molecule has 0 aromatic carbocycles. The van der Waals surface area contributed by atoms with Gasteiger partial charge in [-0.3, -0.25) is 22.7 Å². The van der Waals surface area contributed by atoms with Crippen molar-refractivity contribution in [3.8, 4) is 0 Å². The molecule has 0 aliphatic carbocycles. The first-order valence-corrected chi connectivity index (χ1v) is 20.3. The molecule has 4 aromatic heterocycles. The minimum Gasteiger partial charge on any atom is -0.387 e. The second-order valence-electron chi connectivity index (χ2n) is 11.4. The maximum Gasteiger partial charge on any atom is 0.386 e. The molecule has 0 radical (unpaired) electrons. The number of nitrogens with zero attached hydrogens (tertiary/aromatic N) is 8. The lowest BCUT2D eigenvalue weighted by atomic mass is 10.1. The molecule has 0 amide bonds. The quantitative estimate of drug-likeness (QED) is 0.0834. The summed E-state index contributed by atoms with van der Waals surface area (Å²) in [6.45, 7) is -8.51. The normalized spacial score (nSPS) is 37.7. The topological polar surface area (TPSA) is 244 Å². The third-order valence-corrected chi connectivity index (χ3v) is 11.5. The summed E-state index contributed by atoms with van der Waals surface area (Å²) in [7, 11) is 0. The largest absolute Gasteiger partial charge is 0.387 e. The highest BCUT2D eigenvalue weighted by atomic mass is 32.7. The third kappa shape index (κ3) is 6.39. The molecule has 24 heteroatoms. The van der Waals surface area contributed by atoms with E-state index in [0.29, 0.717) is 53.5 Å². The first kappa shape index (κ1) is 33.5. The minimum atomic E-state index is -4.30. The Bertz CT molecular complexity index is 2000. The van der Waals surface area contributed by atoms with Gasteiger partial charge in [-0.05, 0) is 18.2 Å². The number of aromatic nitrogens is 8. The number of thiol groups is 1. The zero-order valence-corrected chi connectivity index (χ0v) is 28.6. The molecular weight excluding hydrogens is 726 g/mol. The van der Waals surface area contributed by atoms with Gasteiger partial charge in [0.2, 0.25) is 0 Å². The maximum absolute atomic E-state index is 13.7. The van der Waals surface area contributed by atoms with Gasteiger partial charge in [-0.15, -0.1) is 0 Å². The van der Waals surface area contributed by atoms with E-state index in [4.69, 9.17) is 39.4 Å². The Hall–Kier alpha value is -2.69. The molecule has 14 bridgehead atoms. The summed E-state index contributed by atoms with van der Waals surface area (Å²) in [6.07, 6.45) is -0.333. The predicted molar refractivity (Wildman–Crippen MR) is 176 cm³/mol. The summed E-state index contributed by atoms with van der Waals surface area (Å²) in [5.41, 5.74) is 1.43. The standard InChI is InChI=1S/C25H30N10O10P2S2/c36-16-12-6-40-47(39,49)45-19-17(37)13-7-41-46(38,48)44-18(16)24(42-12)34-10-32-14-20(28-8-30-22(14)34)26-4-2-1-3-5-27-21-15-23(31-9-29-21)35(11-33-15)25(19)43-13/h1-2,8-13,16-19,24-25,36-37H,3-7H2,(H,38,48)(H,39,49)(H,26,28,30)(H,27,29,31)/b2-1+/t12?,13?,16-,17-,18-,19-,24?,25?,46?,47?/m1/s1. The van der Waals surface area contributed by atoms with Crippen molar-refractivity contribution in [1.82, 2.24) is 39.0 Å². The smallest absolute Gasteiger partial charge is 0.386 e. The molecular formula is C25H30N10O10P2S2. The Balaban J connectivity index is 1.23. The Morgan fingerprint density at radius 2 is 1.39 bits per heavy atom. The molecule has 6 unspecified atom stereocenters. The summed E-state index contributed by atoms with van der Waals surface area (Å²) in [5.74, 6) is 0.885. The van der Waals surface area contributed by atoms with Crippen LogP contribution in [0.2, 0.25) is 0 Å². The average molecular weight is 757 g/mol. The molecule has 20 nitrogen and oxygen atoms in total. The van der Waals surface area contributed by atoms with Gasteiger partial charge in [0, 0.05) is 13.1 Å². The van der Waals surface area contributed by atoms with Gasteiger partial charge in [-0.25, -0.2) is 34.5 Å². The van der Waals surface area contributed by atoms with Gasteiger partial charge in [0.1, 0.15) is 49.3 Å². The van der Waals surface area contributed by atoms with E-state index in [1.807, 2.05) is 12.2 Å². The van der Waals surface area contributed by atoms with E-state index in [0.717, 1.165) is 0 Å². The monoisotopic (exact) mass is 756 g/mol. The number of ether oxygens (including phenoxy) is 2. The summed E-state index contributed by atoms with van der Waals surface area (Å²) >= 11 is 9.52. The number of fused-ring (bicyclic) bond motifs is 11. The molecule has 9 heterocycles. The fourth-order valence-corrected chi connectivity index (χ4v) is 8.93. The zero-order valence-electron chi connectivity index (χ0n) is 25.1. The minimum absolute atomic E-state index is 0.318. The highest BCUT2D eigenvalue weighted by Gasteiger charge is 2.53. The van der Waals surface area contributed by atoms with Gasteiger partial charge >= 0.3 is 13.5 Å². The molecule has 4 aromatic rings. The molecule has 5 N–H and O–H groups in total. The lowest BCUT2D eigenvalue weighted by Gasteiger charge is -2.27. The van der Waals surface area contributed by atoms with Crippen molar-refractivity contribution in [2.45, 2.75) is 55.5 Å². The van der Waals surface area contributed by atoms with Gasteiger partial charge in [-0.1, -0.05) is 24.4 Å². The molecule has 9 rings (SSSR count). The molecule has 3 fully saturated rings. The number of nitrogens with one attached hydrogen (secondary N) is 2. The van der Waals surface area contributed by atoms with Crippen molar-refractivity contribution in [1.29, 1.82) is 0 Å². The highest BCUT2D eigenvalue weighted by molar-refractivity contribution is 8.44. The Labute approximate surface area is 287 Å². The Morgan fingerprint density at radius 1 is 0.816 bits per heavy atom. The lowest BCUT2D eigenvalue weighted by Crippen LogP contribution is -2.37. The van der Waals surface area contributed by atoms with Crippen LogP contribution in [0.1, 0.15) is 18.9 Å². The van der Waals surface area contributed by atoms with Gasteiger partial charge in [0.05, 0.1) is 25.9 Å². The van der Waals surface area contributed by atoms with Crippen molar-refractivity contribution < 1.29 is 47.2 Å². The highest BCUT2D eigenvalue weighted by Crippen LogP contribution is 2.58. The molecule has 5 aliphatic rings. The van der Waals surface area contributed by atoms with Crippen LogP contribution in [0.25, 0.3) is 22.3 Å². The number of hydrogen-bond donors (Lipinski definition) is 6. The van der Waals surface area contributed by atoms with Crippen LogP contribution < -0.4 is 10.6 Å². The predicted octanol–water partition coefficient (Wildman–Crippen LogP) is 1.04. The molecule has 0 saturated carbocycles. The second-order valence-corrected chi connectivity index (χ2v) is 17.1. The van der Waals surface area contributed by atoms with Crippen molar-refractivity contribution >= 4 is 71.5 Å². The van der Waals surface area contributed by atoms with Crippen molar-refractivity contribution in [3.05, 3.63) is 37.5 Å². The first-order chi connectivity index (χ1) is 23.6. The number of anilines is 2. The molecule has 5 aliphatic heterocycles. The lowest BCUT2D eigenvalue weighted by molar-refractivity contribution is -0.0600. The zero-order chi connectivity index (χ0) is 33.9. The fourth-order valence-electron chi connectivity index (χ4n) is 6.06. The molecule has 10 atom stereocenters. The summed E-state index contributed by atoms with van der Waals surface area (Å²) in [4.78, 5) is 37.5. The average Bonchev–Trinajstić information content (AvgIpc) is 3.83. The first-order valence-electron chi connectivity index (χ1n) is 15.0. The number of hydrogen-bond acceptors (Lipinski definition) is 18. The van der Waals surface area contributed by atoms with E-state index < -0.39 is 75.8 Å². The number of aliphatic hydroxyl groups is 2. The number of rotatable bonds is 0. The molecule has 262 valence electrons. The van der Waals surface area contributed by atoms with Crippen LogP contribution in [-0.4, -0.2) is 117 Å². The third-order valence-electron chi connectivity index (χ3n) is 8.36. The van der Waals surface area contributed by atoms with Crippen LogP contribution in [0.15, 0.2) is 37.5 Å². The van der Waals surface area contributed by atoms with Crippen LogP contribution in [-0.2, 0) is 43.9 Å². The molecule has 3 saturated heterocycles. The van der Waals surface area contributed by atoms with Crippen LogP contribution in [0, 0.1) is 0 Å². The van der Waals surface area contributed by atoms with Crippen molar-refractivity contribution in [2.75, 3.05) is 36.9 Å². The van der Waals surface area contributed by atoms with E-state index in [-0.39, 0.29) is 0 Å². The van der Waals surface area contributed by atoms with E-state index in [1.54, 1.807) is 0 Å². The Kier molecular flexibility index (Phi) is 8.96. The summed E-state index contributed by atoms with van der Waals surface area (Å²) in [5, 5.41) is 29.2. The van der Waals surface area contributed by atoms with Crippen LogP contribution >= 0.6 is 25.8 Å². The van der Waals surface area contributed by atoms with Crippen molar-refractivity contribution in [2.24, 2.45) is 0 Å². The molecule has 0 spiro atoms. The number of imidazole rings is 2. The summed E-state index contributed by atoms with van der Waals surface area (Å²) < 4.78 is 51.9. The van der Waals surface area contributed by atoms with Gasteiger partial charge in [-0.2, -0.15) is 0 Å². The second kappa shape index (κ2) is 13.1. The van der Waals surface area contributed by atoms with Gasteiger partial charge in [0.25, 0.3) is 0 Å². The fraction of sp³-hybridized carbons (Fsp3) is 0.520. The van der Waals surface area contributed by atoms with Crippen molar-refractivity contribution in [3.63, 3.8) is 0 Å². The Morgan fingerprint density at radius 3 is 2.02 bits per heavy atom. The SMILES string of the molecule is O=P1(S)OCC2OC3[C@H](OP(O)(=S)OCC4OC([C@H](O1)[C@@H]4O)n1cnc4c(ncnc41)NCC/C=C/CNc1ncnc4c1ncn43)[C@@H]2O. The van der Waals surface area contributed by atoms with Crippen LogP contribution in [0.3, 0.4) is 0 Å². The van der Waals surface area contributed by atoms with E-state index in [1.165, 1.54) is 34.4 Å². The number of aliphatic hydroxyl groups excluding tert-OH is 2. The van der Waals surface area contributed by atoms with Crippen LogP contribution in [0.5, 0.6) is 0 Å².